The van der Waals surface area contributed by atoms with Crippen molar-refractivity contribution in [3.63, 3.8) is 0 Å². The van der Waals surface area contributed by atoms with Gasteiger partial charge >= 0.3 is 6.09 Å². The van der Waals surface area contributed by atoms with Crippen molar-refractivity contribution in [2.24, 2.45) is 5.92 Å². The third-order valence-corrected chi connectivity index (χ3v) is 3.43. The van der Waals surface area contributed by atoms with Gasteiger partial charge in [-0.25, -0.2) is 9.78 Å². The summed E-state index contributed by atoms with van der Waals surface area (Å²) in [5.74, 6) is 1.74. The first-order valence-electron chi connectivity index (χ1n) is 6.45. The van der Waals surface area contributed by atoms with Gasteiger partial charge in [0.25, 0.3) is 0 Å². The van der Waals surface area contributed by atoms with Crippen molar-refractivity contribution in [2.45, 2.75) is 19.3 Å². The van der Waals surface area contributed by atoms with Gasteiger partial charge in [0.1, 0.15) is 5.82 Å². The number of rotatable bonds is 4. The van der Waals surface area contributed by atoms with Crippen LogP contribution in [0.15, 0.2) is 12.3 Å². The van der Waals surface area contributed by atoms with Crippen LogP contribution in [0.2, 0.25) is 0 Å². The van der Waals surface area contributed by atoms with Gasteiger partial charge in [0.15, 0.2) is 0 Å². The zero-order valence-corrected chi connectivity index (χ0v) is 10.7. The highest BCUT2D eigenvalue weighted by molar-refractivity contribution is 5.64. The third-order valence-electron chi connectivity index (χ3n) is 3.43. The van der Waals surface area contributed by atoms with Crippen molar-refractivity contribution in [3.05, 3.63) is 12.3 Å². The summed E-state index contributed by atoms with van der Waals surface area (Å²) in [5, 5.41) is 10.9. The molecule has 104 valence electrons. The second-order valence-electron chi connectivity index (χ2n) is 4.72. The molecule has 2 rings (SSSR count). The number of hydrogen-bond donors (Lipinski definition) is 3. The molecule has 0 unspecified atom stereocenters. The second kappa shape index (κ2) is 6.21. The molecule has 2 heterocycles. The fourth-order valence-electron chi connectivity index (χ4n) is 2.37. The maximum absolute atomic E-state index is 10.4. The molecule has 0 aliphatic carbocycles. The molecule has 1 aromatic rings. The summed E-state index contributed by atoms with van der Waals surface area (Å²) in [7, 11) is 0. The number of nitrogens with two attached hydrogens (primary N) is 1. The molecule has 7 heteroatoms. The van der Waals surface area contributed by atoms with Crippen molar-refractivity contribution in [1.82, 2.24) is 15.3 Å². The Balaban J connectivity index is 1.77. The number of carboxylic acid groups (broad SMARTS) is 1. The molecule has 1 fully saturated rings. The molecule has 0 bridgehead atoms. The zero-order chi connectivity index (χ0) is 13.7. The number of hydrogen-bond acceptors (Lipinski definition) is 5. The summed E-state index contributed by atoms with van der Waals surface area (Å²) < 4.78 is 0. The van der Waals surface area contributed by atoms with Crippen molar-refractivity contribution in [1.29, 1.82) is 0 Å². The molecule has 7 nitrogen and oxygen atoms in total. The first-order valence-corrected chi connectivity index (χ1v) is 6.45. The molecule has 0 saturated carbocycles. The van der Waals surface area contributed by atoms with Gasteiger partial charge < -0.3 is 21.1 Å². The lowest BCUT2D eigenvalue weighted by molar-refractivity contribution is 0.193. The zero-order valence-electron chi connectivity index (χ0n) is 10.7. The molecule has 19 heavy (non-hydrogen) atoms. The average Bonchev–Trinajstić information content (AvgIpc) is 2.39. The van der Waals surface area contributed by atoms with Gasteiger partial charge in [-0.15, -0.1) is 0 Å². The van der Waals surface area contributed by atoms with Crippen LogP contribution in [0.3, 0.4) is 0 Å². The Morgan fingerprint density at radius 3 is 2.89 bits per heavy atom. The number of nitrogens with zero attached hydrogens (tertiary/aromatic N) is 3. The minimum absolute atomic E-state index is 0.297. The molecular formula is C12H19N5O2. The number of piperidine rings is 1. The lowest BCUT2D eigenvalue weighted by Crippen LogP contribution is -2.35. The lowest BCUT2D eigenvalue weighted by atomic mass is 9.93. The van der Waals surface area contributed by atoms with E-state index in [0.717, 1.165) is 38.2 Å². The van der Waals surface area contributed by atoms with Crippen LogP contribution in [0.5, 0.6) is 0 Å². The van der Waals surface area contributed by atoms with Crippen LogP contribution in [0.1, 0.15) is 19.3 Å². The van der Waals surface area contributed by atoms with E-state index in [2.05, 4.69) is 20.2 Å². The van der Waals surface area contributed by atoms with E-state index in [1.807, 2.05) is 6.07 Å². The monoisotopic (exact) mass is 265 g/mol. The fraction of sp³-hybridized carbons (Fsp3) is 0.583. The highest BCUT2D eigenvalue weighted by Gasteiger charge is 2.20. The number of amides is 1. The molecule has 0 spiro atoms. The van der Waals surface area contributed by atoms with Crippen molar-refractivity contribution < 1.29 is 9.90 Å². The van der Waals surface area contributed by atoms with Crippen LogP contribution in [0.25, 0.3) is 0 Å². The first kappa shape index (κ1) is 13.4. The molecule has 1 aliphatic heterocycles. The highest BCUT2D eigenvalue weighted by atomic mass is 16.4. The first-order chi connectivity index (χ1) is 9.15. The summed E-state index contributed by atoms with van der Waals surface area (Å²) >= 11 is 0. The van der Waals surface area contributed by atoms with E-state index in [4.69, 9.17) is 10.8 Å². The number of anilines is 2. The van der Waals surface area contributed by atoms with Gasteiger partial charge in [-0.2, -0.15) is 4.98 Å². The van der Waals surface area contributed by atoms with E-state index in [-0.39, 0.29) is 0 Å². The van der Waals surface area contributed by atoms with Crippen molar-refractivity contribution in [3.8, 4) is 0 Å². The molecule has 1 saturated heterocycles. The number of nitrogen functional groups attached to an aromatic ring is 1. The van der Waals surface area contributed by atoms with Gasteiger partial charge in [0.2, 0.25) is 5.95 Å². The van der Waals surface area contributed by atoms with E-state index in [0.29, 0.717) is 18.4 Å². The smallest absolute Gasteiger partial charge is 0.404 e. The topological polar surface area (TPSA) is 104 Å². The molecule has 1 amide bonds. The van der Waals surface area contributed by atoms with Crippen LogP contribution < -0.4 is 16.0 Å². The summed E-state index contributed by atoms with van der Waals surface area (Å²) in [5.41, 5.74) is 5.57. The Labute approximate surface area is 111 Å². The second-order valence-corrected chi connectivity index (χ2v) is 4.72. The molecule has 0 aromatic carbocycles. The number of nitrogens with one attached hydrogen (secondary N) is 1. The van der Waals surface area contributed by atoms with Crippen LogP contribution >= 0.6 is 0 Å². The highest BCUT2D eigenvalue weighted by Crippen LogP contribution is 2.23. The minimum atomic E-state index is -0.950. The predicted molar refractivity (Wildman–Crippen MR) is 72.0 cm³/mol. The van der Waals surface area contributed by atoms with E-state index in [1.54, 1.807) is 6.20 Å². The SMILES string of the molecule is Nc1nccc(N2CCC(CCNC(=O)O)CC2)n1. The third kappa shape index (κ3) is 3.97. The van der Waals surface area contributed by atoms with Crippen LogP contribution in [0, 0.1) is 5.92 Å². The van der Waals surface area contributed by atoms with Gasteiger partial charge in [0, 0.05) is 25.8 Å². The summed E-state index contributed by atoms with van der Waals surface area (Å²) in [4.78, 5) is 20.7. The Kier molecular flexibility index (Phi) is 4.38. The Bertz CT molecular complexity index is 432. The molecule has 1 aromatic heterocycles. The summed E-state index contributed by atoms with van der Waals surface area (Å²) in [6, 6.07) is 1.86. The van der Waals surface area contributed by atoms with E-state index in [1.165, 1.54) is 0 Å². The maximum Gasteiger partial charge on any atom is 0.404 e. The minimum Gasteiger partial charge on any atom is -0.465 e. The lowest BCUT2D eigenvalue weighted by Gasteiger charge is -2.32. The molecule has 1 aliphatic rings. The summed E-state index contributed by atoms with van der Waals surface area (Å²) in [6.45, 7) is 2.38. The predicted octanol–water partition coefficient (Wildman–Crippen LogP) is 0.933. The molecule has 4 N–H and O–H groups in total. The fourth-order valence-corrected chi connectivity index (χ4v) is 2.37. The van der Waals surface area contributed by atoms with Crippen molar-refractivity contribution >= 4 is 17.9 Å². The van der Waals surface area contributed by atoms with Crippen molar-refractivity contribution in [2.75, 3.05) is 30.3 Å². The molecule has 0 radical (unpaired) electrons. The van der Waals surface area contributed by atoms with Gasteiger partial charge in [-0.3, -0.25) is 0 Å². The molecule has 0 atom stereocenters. The number of aromatic nitrogens is 2. The van der Waals surface area contributed by atoms with E-state index < -0.39 is 6.09 Å². The van der Waals surface area contributed by atoms with Gasteiger partial charge in [-0.1, -0.05) is 0 Å². The van der Waals surface area contributed by atoms with Crippen LogP contribution in [0.4, 0.5) is 16.6 Å². The Morgan fingerprint density at radius 2 is 2.26 bits per heavy atom. The van der Waals surface area contributed by atoms with Crippen LogP contribution in [-0.4, -0.2) is 40.8 Å². The number of carbonyl (C=O) groups is 1. The molecular weight excluding hydrogens is 246 g/mol. The normalized spacial score (nSPS) is 16.3. The van der Waals surface area contributed by atoms with E-state index in [9.17, 15) is 4.79 Å². The average molecular weight is 265 g/mol. The van der Waals surface area contributed by atoms with Crippen LogP contribution in [-0.2, 0) is 0 Å². The Hall–Kier alpha value is -2.05. The maximum atomic E-state index is 10.4. The largest absolute Gasteiger partial charge is 0.465 e. The van der Waals surface area contributed by atoms with E-state index >= 15 is 0 Å². The van der Waals surface area contributed by atoms with Gasteiger partial charge in [-0.05, 0) is 31.2 Å². The quantitative estimate of drug-likeness (QED) is 0.748. The standard InChI is InChI=1S/C12H19N5O2/c13-11-14-6-2-10(16-11)17-7-3-9(4-8-17)1-5-15-12(18)19/h2,6,9,15H,1,3-5,7-8H2,(H,18,19)(H2,13,14,16). The van der Waals surface area contributed by atoms with Gasteiger partial charge in [0.05, 0.1) is 0 Å². The summed E-state index contributed by atoms with van der Waals surface area (Å²) in [6.07, 6.45) is 3.71. The Morgan fingerprint density at radius 1 is 1.53 bits per heavy atom.